The summed E-state index contributed by atoms with van der Waals surface area (Å²) in [5, 5.41) is 32.2. The van der Waals surface area contributed by atoms with Crippen molar-refractivity contribution in [2.45, 2.75) is 0 Å². The maximum Gasteiger partial charge on any atom is 0.201 e. The van der Waals surface area contributed by atoms with Crippen molar-refractivity contribution in [3.05, 3.63) is 75.4 Å². The van der Waals surface area contributed by atoms with Gasteiger partial charge in [-0.2, -0.15) is 0 Å². The van der Waals surface area contributed by atoms with Crippen LogP contribution in [0.5, 0.6) is 17.2 Å². The monoisotopic (exact) mass is 439 g/mol. The first kappa shape index (κ1) is 17.9. The number of anilines is 2. The number of halogens is 1. The second-order valence-electron chi connectivity index (χ2n) is 6.15. The largest absolute Gasteiger partial charge is 0.504 e. The van der Waals surface area contributed by atoms with E-state index in [1.165, 1.54) is 6.07 Å². The lowest BCUT2D eigenvalue weighted by molar-refractivity contribution is 0.370. The smallest absolute Gasteiger partial charge is 0.201 e. The van der Waals surface area contributed by atoms with Crippen molar-refractivity contribution in [3.63, 3.8) is 0 Å². The van der Waals surface area contributed by atoms with Crippen molar-refractivity contribution in [1.82, 2.24) is 0 Å². The molecule has 0 aliphatic carbocycles. The number of fused-ring (bicyclic) bond motifs is 1. The molecule has 3 aromatic carbocycles. The van der Waals surface area contributed by atoms with Crippen LogP contribution in [0.1, 0.15) is 0 Å². The predicted molar refractivity (Wildman–Crippen MR) is 110 cm³/mol. The van der Waals surface area contributed by atoms with E-state index in [1.54, 1.807) is 12.1 Å². The van der Waals surface area contributed by atoms with Gasteiger partial charge < -0.3 is 25.1 Å². The van der Waals surface area contributed by atoms with E-state index in [2.05, 4.69) is 21.2 Å². The highest BCUT2D eigenvalue weighted by molar-refractivity contribution is 9.10. The van der Waals surface area contributed by atoms with E-state index in [9.17, 15) is 20.1 Å². The van der Waals surface area contributed by atoms with Gasteiger partial charge in [0.1, 0.15) is 16.7 Å². The first-order valence-corrected chi connectivity index (χ1v) is 9.06. The third-order valence-electron chi connectivity index (χ3n) is 4.25. The van der Waals surface area contributed by atoms with Gasteiger partial charge in [-0.05, 0) is 48.5 Å². The number of hydrogen-bond acceptors (Lipinski definition) is 6. The molecule has 6 nitrogen and oxygen atoms in total. The average Bonchev–Trinajstić information content (AvgIpc) is 2.68. The molecule has 4 aromatic rings. The molecule has 0 saturated heterocycles. The normalized spacial score (nSPS) is 10.9. The van der Waals surface area contributed by atoms with E-state index < -0.39 is 22.7 Å². The van der Waals surface area contributed by atoms with Gasteiger partial charge in [-0.15, -0.1) is 0 Å². The molecule has 0 unspecified atom stereocenters. The molecular weight excluding hydrogens is 426 g/mol. The SMILES string of the molecule is O=c1cc(-c2ccc(Nc3ccc(Br)cc3)cc2)oc2cc(O)c(O)c(O)c12. The van der Waals surface area contributed by atoms with E-state index >= 15 is 0 Å². The highest BCUT2D eigenvalue weighted by Gasteiger charge is 2.17. The number of nitrogens with one attached hydrogen (secondary N) is 1. The highest BCUT2D eigenvalue weighted by atomic mass is 79.9. The Balaban J connectivity index is 1.69. The number of benzene rings is 3. The third kappa shape index (κ3) is 3.27. The summed E-state index contributed by atoms with van der Waals surface area (Å²) >= 11 is 3.39. The molecule has 28 heavy (non-hydrogen) atoms. The molecule has 0 fully saturated rings. The first-order chi connectivity index (χ1) is 13.4. The van der Waals surface area contributed by atoms with Crippen molar-refractivity contribution in [1.29, 1.82) is 0 Å². The van der Waals surface area contributed by atoms with Gasteiger partial charge in [-0.3, -0.25) is 4.79 Å². The van der Waals surface area contributed by atoms with Crippen molar-refractivity contribution < 1.29 is 19.7 Å². The quantitative estimate of drug-likeness (QED) is 0.331. The summed E-state index contributed by atoms with van der Waals surface area (Å²) in [6, 6.07) is 17.3. The van der Waals surface area contributed by atoms with Crippen LogP contribution in [0.15, 0.2) is 74.3 Å². The van der Waals surface area contributed by atoms with Gasteiger partial charge in [-0.25, -0.2) is 0 Å². The average molecular weight is 440 g/mol. The molecule has 1 aromatic heterocycles. The Bertz CT molecular complexity index is 1230. The van der Waals surface area contributed by atoms with Crippen LogP contribution in [0.25, 0.3) is 22.3 Å². The minimum absolute atomic E-state index is 0.0210. The molecule has 7 heteroatoms. The zero-order chi connectivity index (χ0) is 19.8. The summed E-state index contributed by atoms with van der Waals surface area (Å²) in [6.07, 6.45) is 0. The molecule has 140 valence electrons. The van der Waals surface area contributed by atoms with E-state index in [4.69, 9.17) is 4.42 Å². The lowest BCUT2D eigenvalue weighted by Gasteiger charge is -2.09. The second-order valence-corrected chi connectivity index (χ2v) is 7.07. The van der Waals surface area contributed by atoms with E-state index in [0.29, 0.717) is 5.56 Å². The van der Waals surface area contributed by atoms with Crippen LogP contribution < -0.4 is 10.7 Å². The van der Waals surface area contributed by atoms with Gasteiger partial charge >= 0.3 is 0 Å². The minimum atomic E-state index is -0.754. The molecule has 0 aliphatic rings. The molecule has 0 spiro atoms. The maximum atomic E-state index is 12.4. The molecule has 0 bridgehead atoms. The topological polar surface area (TPSA) is 103 Å². The van der Waals surface area contributed by atoms with Crippen LogP contribution in [-0.4, -0.2) is 15.3 Å². The summed E-state index contributed by atoms with van der Waals surface area (Å²) < 4.78 is 6.65. The van der Waals surface area contributed by atoms with Gasteiger partial charge in [0.2, 0.25) is 5.75 Å². The number of rotatable bonds is 3. The molecule has 0 amide bonds. The molecular formula is C21H14BrNO5. The molecule has 1 heterocycles. The molecule has 0 radical (unpaired) electrons. The van der Waals surface area contributed by atoms with Crippen molar-refractivity contribution >= 4 is 38.3 Å². The minimum Gasteiger partial charge on any atom is -0.504 e. The maximum absolute atomic E-state index is 12.4. The van der Waals surface area contributed by atoms with Crippen molar-refractivity contribution in [3.8, 4) is 28.6 Å². The Hall–Kier alpha value is -3.45. The van der Waals surface area contributed by atoms with E-state index in [0.717, 1.165) is 21.9 Å². The van der Waals surface area contributed by atoms with E-state index in [-0.39, 0.29) is 16.7 Å². The molecule has 4 rings (SSSR count). The van der Waals surface area contributed by atoms with Gasteiger partial charge in [0.15, 0.2) is 16.9 Å². The first-order valence-electron chi connectivity index (χ1n) is 8.27. The summed E-state index contributed by atoms with van der Waals surface area (Å²) in [4.78, 5) is 12.4. The van der Waals surface area contributed by atoms with Crippen LogP contribution >= 0.6 is 15.9 Å². The molecule has 4 N–H and O–H groups in total. The number of phenols is 3. The standard InChI is InChI=1S/C21H14BrNO5/c22-12-3-7-14(8-4-12)23-13-5-1-11(2-6-13)17-9-15(24)19-18(28-17)10-16(25)20(26)21(19)27/h1-10,23,25-27H. The third-order valence-corrected chi connectivity index (χ3v) is 4.78. The van der Waals surface area contributed by atoms with Gasteiger partial charge in [-0.1, -0.05) is 15.9 Å². The van der Waals surface area contributed by atoms with Crippen molar-refractivity contribution in [2.24, 2.45) is 0 Å². The summed E-state index contributed by atoms with van der Waals surface area (Å²) in [7, 11) is 0. The Morgan fingerprint density at radius 3 is 2.07 bits per heavy atom. The van der Waals surface area contributed by atoms with Crippen LogP contribution in [0.4, 0.5) is 11.4 Å². The number of aromatic hydroxyl groups is 3. The Labute approximate surface area is 167 Å². The molecule has 0 atom stereocenters. The summed E-state index contributed by atoms with van der Waals surface area (Å²) in [5.41, 5.74) is 1.88. The zero-order valence-corrected chi connectivity index (χ0v) is 15.9. The van der Waals surface area contributed by atoms with Crippen LogP contribution in [0.3, 0.4) is 0 Å². The number of phenolic OH excluding ortho intramolecular Hbond substituents is 3. The van der Waals surface area contributed by atoms with Gasteiger partial charge in [0.25, 0.3) is 0 Å². The highest BCUT2D eigenvalue weighted by Crippen LogP contribution is 2.40. The summed E-state index contributed by atoms with van der Waals surface area (Å²) in [5.74, 6) is -1.75. The number of hydrogen-bond donors (Lipinski definition) is 4. The fourth-order valence-electron chi connectivity index (χ4n) is 2.84. The Morgan fingerprint density at radius 2 is 1.43 bits per heavy atom. The Kier molecular flexibility index (Phi) is 4.44. The van der Waals surface area contributed by atoms with Crippen LogP contribution in [0.2, 0.25) is 0 Å². The molecule has 0 aliphatic heterocycles. The van der Waals surface area contributed by atoms with Gasteiger partial charge in [0, 0.05) is 33.5 Å². The van der Waals surface area contributed by atoms with Gasteiger partial charge in [0.05, 0.1) is 0 Å². The lowest BCUT2D eigenvalue weighted by atomic mass is 10.1. The fraction of sp³-hybridized carbons (Fsp3) is 0. The zero-order valence-electron chi connectivity index (χ0n) is 14.3. The van der Waals surface area contributed by atoms with Crippen LogP contribution in [0, 0.1) is 0 Å². The lowest BCUT2D eigenvalue weighted by Crippen LogP contribution is -2.01. The summed E-state index contributed by atoms with van der Waals surface area (Å²) in [6.45, 7) is 0. The van der Waals surface area contributed by atoms with Crippen LogP contribution in [-0.2, 0) is 0 Å². The second kappa shape index (κ2) is 6.94. The molecule has 0 saturated carbocycles. The van der Waals surface area contributed by atoms with Crippen molar-refractivity contribution in [2.75, 3.05) is 5.32 Å². The Morgan fingerprint density at radius 1 is 0.821 bits per heavy atom. The van der Waals surface area contributed by atoms with E-state index in [1.807, 2.05) is 36.4 Å². The predicted octanol–water partition coefficient (Wildman–Crippen LogP) is 5.08. The fourth-order valence-corrected chi connectivity index (χ4v) is 3.10.